The number of nitrogens with one attached hydrogen (secondary N) is 1. The molecule has 11 heteroatoms. The number of methoxy groups -OCH3 is 1. The van der Waals surface area contributed by atoms with Gasteiger partial charge in [-0.25, -0.2) is 19.6 Å². The van der Waals surface area contributed by atoms with Crippen molar-refractivity contribution < 1.29 is 33.7 Å². The Hall–Kier alpha value is -3.63. The largest absolute Gasteiger partial charge is 0.497 e. The number of hydrogen-bond acceptors (Lipinski definition) is 8. The van der Waals surface area contributed by atoms with Crippen molar-refractivity contribution in [1.29, 1.82) is 0 Å². The fourth-order valence-corrected chi connectivity index (χ4v) is 6.45. The summed E-state index contributed by atoms with van der Waals surface area (Å²) >= 11 is 0. The van der Waals surface area contributed by atoms with E-state index in [0.717, 1.165) is 43.3 Å². The first kappa shape index (κ1) is 30.8. The predicted octanol–water partition coefficient (Wildman–Crippen LogP) is 4.74. The fourth-order valence-electron chi connectivity index (χ4n) is 6.45. The number of carboxylic acid groups (broad SMARTS) is 1. The highest BCUT2D eigenvalue weighted by Crippen LogP contribution is 2.39. The highest BCUT2D eigenvalue weighted by atomic mass is 16.6. The van der Waals surface area contributed by atoms with Crippen LogP contribution in [0.25, 0.3) is 11.0 Å². The van der Waals surface area contributed by atoms with Crippen LogP contribution in [-0.4, -0.2) is 75.9 Å². The first-order valence-electron chi connectivity index (χ1n) is 15.5. The Kier molecular flexibility index (Phi) is 8.99. The quantitative estimate of drug-likeness (QED) is 0.512. The lowest BCUT2D eigenvalue weighted by Crippen LogP contribution is -2.57. The molecule has 0 radical (unpaired) electrons. The van der Waals surface area contributed by atoms with Gasteiger partial charge >= 0.3 is 12.1 Å². The highest BCUT2D eigenvalue weighted by Gasteiger charge is 2.52. The van der Waals surface area contributed by atoms with E-state index in [1.165, 1.54) is 4.90 Å². The molecule has 0 unspecified atom stereocenters. The number of carbonyl (C=O) groups excluding carboxylic acids is 2. The molecule has 234 valence electrons. The lowest BCUT2D eigenvalue weighted by Gasteiger charge is -2.35. The summed E-state index contributed by atoms with van der Waals surface area (Å²) in [5, 5.41) is 13.2. The zero-order valence-corrected chi connectivity index (χ0v) is 25.8. The predicted molar refractivity (Wildman–Crippen MR) is 159 cm³/mol. The number of alkyl carbamates (subject to hydrolysis) is 1. The molecule has 43 heavy (non-hydrogen) atoms. The third-order valence-corrected chi connectivity index (χ3v) is 8.90. The third-order valence-electron chi connectivity index (χ3n) is 8.90. The number of nitrogens with zero attached hydrogens (tertiary/aromatic N) is 3. The van der Waals surface area contributed by atoms with Gasteiger partial charge in [0.2, 0.25) is 11.8 Å². The van der Waals surface area contributed by atoms with Crippen molar-refractivity contribution in [2.45, 2.75) is 103 Å². The number of fused-ring (bicyclic) bond motifs is 5. The Balaban J connectivity index is 1.55. The van der Waals surface area contributed by atoms with Gasteiger partial charge in [0.05, 0.1) is 24.7 Å². The topological polar surface area (TPSA) is 140 Å². The van der Waals surface area contributed by atoms with Crippen molar-refractivity contribution in [2.75, 3.05) is 13.7 Å². The summed E-state index contributed by atoms with van der Waals surface area (Å²) in [5.74, 6) is -0.728. The van der Waals surface area contributed by atoms with Gasteiger partial charge in [0, 0.05) is 12.0 Å². The first-order chi connectivity index (χ1) is 20.5. The number of aryl methyl sites for hydroxylation is 1. The molecule has 6 atom stereocenters. The summed E-state index contributed by atoms with van der Waals surface area (Å²) in [7, 11) is 1.59. The van der Waals surface area contributed by atoms with Crippen LogP contribution in [0.2, 0.25) is 0 Å². The summed E-state index contributed by atoms with van der Waals surface area (Å²) in [5.41, 5.74) is 1.36. The Morgan fingerprint density at radius 3 is 2.60 bits per heavy atom. The van der Waals surface area contributed by atoms with Crippen molar-refractivity contribution in [3.63, 3.8) is 0 Å². The number of aromatic nitrogens is 2. The van der Waals surface area contributed by atoms with Crippen LogP contribution in [0.3, 0.4) is 0 Å². The van der Waals surface area contributed by atoms with Gasteiger partial charge in [0.15, 0.2) is 0 Å². The van der Waals surface area contributed by atoms with Crippen LogP contribution >= 0.6 is 0 Å². The molecule has 2 amide bonds. The maximum absolute atomic E-state index is 14.1. The van der Waals surface area contributed by atoms with Crippen molar-refractivity contribution in [1.82, 2.24) is 20.2 Å². The molecule has 1 aliphatic carbocycles. The smallest absolute Gasteiger partial charge is 0.408 e. The second-order valence-corrected chi connectivity index (χ2v) is 13.2. The van der Waals surface area contributed by atoms with E-state index in [0.29, 0.717) is 42.3 Å². The van der Waals surface area contributed by atoms with E-state index in [-0.39, 0.29) is 12.6 Å². The zero-order chi connectivity index (χ0) is 30.9. The van der Waals surface area contributed by atoms with Crippen LogP contribution in [0.5, 0.6) is 11.6 Å². The minimum Gasteiger partial charge on any atom is -0.497 e. The first-order valence-corrected chi connectivity index (χ1v) is 15.5. The summed E-state index contributed by atoms with van der Waals surface area (Å²) < 4.78 is 17.7. The molecular formula is C32H44N4O7. The molecule has 2 bridgehead atoms. The van der Waals surface area contributed by atoms with Crippen LogP contribution < -0.4 is 14.8 Å². The van der Waals surface area contributed by atoms with E-state index >= 15 is 0 Å². The summed E-state index contributed by atoms with van der Waals surface area (Å²) in [6, 6.07) is 3.42. The minimum atomic E-state index is -1.12. The molecule has 2 fully saturated rings. The van der Waals surface area contributed by atoms with Gasteiger partial charge in [-0.3, -0.25) is 4.79 Å². The highest BCUT2D eigenvalue weighted by molar-refractivity contribution is 5.90. The van der Waals surface area contributed by atoms with Crippen LogP contribution in [-0.2, 0) is 20.7 Å². The zero-order valence-electron chi connectivity index (χ0n) is 25.8. The number of carbonyl (C=O) groups is 3. The summed E-state index contributed by atoms with van der Waals surface area (Å²) in [6.07, 6.45) is 5.10. The molecule has 5 rings (SSSR count). The lowest BCUT2D eigenvalue weighted by molar-refractivity contribution is -0.151. The Morgan fingerprint density at radius 2 is 1.91 bits per heavy atom. The second-order valence-electron chi connectivity index (χ2n) is 13.2. The van der Waals surface area contributed by atoms with E-state index in [1.54, 1.807) is 13.2 Å². The summed E-state index contributed by atoms with van der Waals surface area (Å²) in [6.45, 7) is 7.56. The van der Waals surface area contributed by atoms with Crippen LogP contribution in [0.1, 0.15) is 78.3 Å². The van der Waals surface area contributed by atoms with Crippen LogP contribution in [0.4, 0.5) is 4.79 Å². The normalized spacial score (nSPS) is 28.4. The van der Waals surface area contributed by atoms with E-state index in [4.69, 9.17) is 24.2 Å². The number of amides is 2. The maximum atomic E-state index is 14.1. The lowest BCUT2D eigenvalue weighted by atomic mass is 9.85. The molecule has 3 heterocycles. The van der Waals surface area contributed by atoms with Crippen molar-refractivity contribution in [3.05, 3.63) is 23.9 Å². The van der Waals surface area contributed by atoms with Crippen LogP contribution in [0, 0.1) is 17.3 Å². The molecule has 1 aromatic heterocycles. The molecule has 2 aliphatic heterocycles. The van der Waals surface area contributed by atoms with Gasteiger partial charge in [-0.2, -0.15) is 0 Å². The average Bonchev–Trinajstić information content (AvgIpc) is 3.58. The number of aliphatic carboxylic acids is 1. The van der Waals surface area contributed by atoms with Crippen molar-refractivity contribution >= 4 is 29.0 Å². The molecule has 3 aliphatic rings. The molecule has 11 nitrogen and oxygen atoms in total. The van der Waals surface area contributed by atoms with Gasteiger partial charge in [0.25, 0.3) is 0 Å². The van der Waals surface area contributed by atoms with Crippen molar-refractivity contribution in [2.24, 2.45) is 17.3 Å². The van der Waals surface area contributed by atoms with Crippen LogP contribution in [0.15, 0.2) is 18.2 Å². The fraction of sp³-hybridized carbons (Fsp3) is 0.656. The number of benzene rings is 1. The number of carboxylic acids is 1. The number of ether oxygens (including phenoxy) is 3. The molecule has 1 aromatic carbocycles. The Morgan fingerprint density at radius 1 is 1.12 bits per heavy atom. The van der Waals surface area contributed by atoms with E-state index < -0.39 is 47.5 Å². The molecule has 0 spiro atoms. The van der Waals surface area contributed by atoms with Gasteiger partial charge in [-0.15, -0.1) is 0 Å². The number of hydrogen-bond donors (Lipinski definition) is 2. The second kappa shape index (κ2) is 12.5. The Labute approximate surface area is 252 Å². The molecule has 2 N–H and O–H groups in total. The SMILES string of the molecule is CCC[C@@H]1[C@@H]2CN(C(=O)[C@H](C(C)(C)C)NC(=O)O[C@@H]3C[C@H]3CCCCCc3nc4ccc(OC)cc4nc3O2)[C@@H]1C(=O)O. The Bertz CT molecular complexity index is 1360. The average molecular weight is 597 g/mol. The monoisotopic (exact) mass is 596 g/mol. The molecular weight excluding hydrogens is 552 g/mol. The summed E-state index contributed by atoms with van der Waals surface area (Å²) in [4.78, 5) is 50.9. The standard InChI is InChI=1S/C32H44N4O7/c1-6-10-20-25-17-36(26(20)30(38)39)29(37)27(32(2,3)4)35-31(40)43-24-15-18(24)11-8-7-9-12-22-28(42-25)34-23-16-19(41-5)13-14-21(23)33-22/h13-14,16,18,20,24-27H,6-12,15,17H2,1-5H3,(H,35,40)(H,38,39)/t18-,20-,24-,25+,26+,27-/m1/s1. The van der Waals surface area contributed by atoms with Gasteiger partial charge in [-0.05, 0) is 55.6 Å². The van der Waals surface area contributed by atoms with Crippen molar-refractivity contribution in [3.8, 4) is 11.6 Å². The van der Waals surface area contributed by atoms with Gasteiger partial charge in [-0.1, -0.05) is 47.0 Å². The van der Waals surface area contributed by atoms with E-state index in [2.05, 4.69) is 5.32 Å². The molecule has 1 saturated heterocycles. The number of rotatable bonds is 4. The third kappa shape index (κ3) is 6.80. The molecule has 2 aromatic rings. The van der Waals surface area contributed by atoms with E-state index in [9.17, 15) is 19.5 Å². The van der Waals surface area contributed by atoms with Gasteiger partial charge < -0.3 is 29.5 Å². The van der Waals surface area contributed by atoms with Gasteiger partial charge in [0.1, 0.15) is 35.7 Å². The minimum absolute atomic E-state index is 0.0474. The van der Waals surface area contributed by atoms with E-state index in [1.807, 2.05) is 39.8 Å². The maximum Gasteiger partial charge on any atom is 0.408 e. The molecule has 1 saturated carbocycles.